The van der Waals surface area contributed by atoms with E-state index < -0.39 is 22.4 Å². The van der Waals surface area contributed by atoms with Gasteiger partial charge in [0.25, 0.3) is 0 Å². The molecule has 0 spiro atoms. The summed E-state index contributed by atoms with van der Waals surface area (Å²) < 4.78 is 41.5. The van der Waals surface area contributed by atoms with Crippen LogP contribution in [0.1, 0.15) is 6.42 Å². The molecule has 1 rings (SSSR count). The van der Waals surface area contributed by atoms with E-state index in [0.717, 1.165) is 6.07 Å². The van der Waals surface area contributed by atoms with E-state index in [1.165, 1.54) is 12.1 Å². The van der Waals surface area contributed by atoms with Gasteiger partial charge in [0.1, 0.15) is 0 Å². The number of benzene rings is 1. The maximum atomic E-state index is 13.0. The minimum Gasteiger partial charge on any atom is -0.490 e. The molecule has 0 saturated carbocycles. The van der Waals surface area contributed by atoms with Gasteiger partial charge >= 0.3 is 0 Å². The number of rotatable bonds is 5. The fourth-order valence-corrected chi connectivity index (χ4v) is 1.56. The predicted octanol–water partition coefficient (Wildman–Crippen LogP) is 2.11. The number of hydrogen-bond acceptors (Lipinski definition) is 2. The fourth-order valence-electron chi connectivity index (χ4n) is 1.04. The van der Waals surface area contributed by atoms with Crippen LogP contribution in [0.5, 0.6) is 5.75 Å². The second-order valence-electron chi connectivity index (χ2n) is 3.03. The molecule has 0 aromatic heterocycles. The van der Waals surface area contributed by atoms with Gasteiger partial charge in [-0.15, -0.1) is 0 Å². The Morgan fingerprint density at radius 1 is 1.40 bits per heavy atom. The molecule has 0 N–H and O–H groups in total. The largest absolute Gasteiger partial charge is 0.490 e. The van der Waals surface area contributed by atoms with E-state index >= 15 is 0 Å². The zero-order valence-corrected chi connectivity index (χ0v) is 9.15. The molecule has 0 aliphatic carbocycles. The molecule has 1 aromatic rings. The Kier molecular flexibility index (Phi) is 4.68. The zero-order chi connectivity index (χ0) is 11.3. The molecule has 1 atom stereocenters. The predicted molar refractivity (Wildman–Crippen MR) is 55.4 cm³/mol. The minimum atomic E-state index is -0.977. The molecule has 0 aliphatic heterocycles. The van der Waals surface area contributed by atoms with Gasteiger partial charge in [0.15, 0.2) is 11.6 Å². The average Bonchev–Trinajstić information content (AvgIpc) is 2.18. The lowest BCUT2D eigenvalue weighted by Gasteiger charge is -2.06. The van der Waals surface area contributed by atoms with Crippen molar-refractivity contribution in [1.29, 1.82) is 0 Å². The summed E-state index contributed by atoms with van der Waals surface area (Å²) in [5.41, 5.74) is 0. The van der Waals surface area contributed by atoms with Gasteiger partial charge in [0.05, 0.1) is 6.61 Å². The first kappa shape index (κ1) is 12.1. The Morgan fingerprint density at radius 3 is 2.80 bits per heavy atom. The molecule has 0 saturated heterocycles. The normalized spacial score (nSPS) is 12.5. The average molecular weight is 234 g/mol. The Balaban J connectivity index is 2.44. The van der Waals surface area contributed by atoms with Crippen LogP contribution in [-0.2, 0) is 10.8 Å². The molecule has 15 heavy (non-hydrogen) atoms. The third-order valence-electron chi connectivity index (χ3n) is 1.75. The van der Waals surface area contributed by atoms with Gasteiger partial charge in [0.2, 0.25) is 5.82 Å². The summed E-state index contributed by atoms with van der Waals surface area (Å²) in [6.45, 7) is 0.236. The summed E-state index contributed by atoms with van der Waals surface area (Å²) in [5.74, 6) is -1.50. The summed E-state index contributed by atoms with van der Waals surface area (Å²) in [6, 6.07) is 3.77. The molecule has 0 aliphatic rings. The summed E-state index contributed by atoms with van der Waals surface area (Å²) in [4.78, 5) is 0. The van der Waals surface area contributed by atoms with Crippen LogP contribution < -0.4 is 4.74 Å². The van der Waals surface area contributed by atoms with Crippen LogP contribution in [0.3, 0.4) is 0 Å². The van der Waals surface area contributed by atoms with Gasteiger partial charge in [-0.2, -0.15) is 4.39 Å². The van der Waals surface area contributed by atoms with E-state index in [2.05, 4.69) is 0 Å². The Morgan fingerprint density at radius 2 is 2.13 bits per heavy atom. The molecule has 1 aromatic carbocycles. The van der Waals surface area contributed by atoms with E-state index in [4.69, 9.17) is 4.74 Å². The van der Waals surface area contributed by atoms with Crippen LogP contribution >= 0.6 is 0 Å². The summed E-state index contributed by atoms with van der Waals surface area (Å²) in [5, 5.41) is 0. The molecule has 84 valence electrons. The SMILES string of the molecule is CS(=O)CCCOc1cccc(F)c1F. The van der Waals surface area contributed by atoms with Crippen LogP contribution in [0.2, 0.25) is 0 Å². The van der Waals surface area contributed by atoms with Crippen molar-refractivity contribution in [2.45, 2.75) is 6.42 Å². The van der Waals surface area contributed by atoms with Gasteiger partial charge in [-0.25, -0.2) is 4.39 Å². The van der Waals surface area contributed by atoms with E-state index in [1.807, 2.05) is 0 Å². The summed E-state index contributed by atoms with van der Waals surface area (Å²) >= 11 is 0. The van der Waals surface area contributed by atoms with Crippen molar-refractivity contribution in [2.75, 3.05) is 18.6 Å². The topological polar surface area (TPSA) is 26.3 Å². The molecular weight excluding hydrogens is 222 g/mol. The van der Waals surface area contributed by atoms with Gasteiger partial charge in [-0.3, -0.25) is 4.21 Å². The van der Waals surface area contributed by atoms with Crippen LogP contribution in [0.4, 0.5) is 8.78 Å². The quantitative estimate of drug-likeness (QED) is 0.729. The van der Waals surface area contributed by atoms with Gasteiger partial charge in [-0.1, -0.05) is 6.07 Å². The minimum absolute atomic E-state index is 0.100. The lowest BCUT2D eigenvalue weighted by atomic mass is 10.3. The molecule has 0 fully saturated rings. The second-order valence-corrected chi connectivity index (χ2v) is 4.59. The van der Waals surface area contributed by atoms with Crippen molar-refractivity contribution in [3.63, 3.8) is 0 Å². The molecule has 5 heteroatoms. The third-order valence-corrected chi connectivity index (χ3v) is 2.61. The third kappa shape index (κ3) is 3.95. The highest BCUT2D eigenvalue weighted by Crippen LogP contribution is 2.18. The molecule has 0 bridgehead atoms. The van der Waals surface area contributed by atoms with Crippen molar-refractivity contribution in [3.05, 3.63) is 29.8 Å². The molecule has 1 unspecified atom stereocenters. The van der Waals surface area contributed by atoms with Gasteiger partial charge < -0.3 is 4.74 Å². The van der Waals surface area contributed by atoms with Gasteiger partial charge in [0, 0.05) is 22.8 Å². The molecule has 2 nitrogen and oxygen atoms in total. The maximum absolute atomic E-state index is 13.0. The first-order valence-corrected chi connectivity index (χ1v) is 6.21. The van der Waals surface area contributed by atoms with E-state index in [-0.39, 0.29) is 12.4 Å². The lowest BCUT2D eigenvalue weighted by Crippen LogP contribution is -2.04. The van der Waals surface area contributed by atoms with Crippen molar-refractivity contribution in [1.82, 2.24) is 0 Å². The monoisotopic (exact) mass is 234 g/mol. The fraction of sp³-hybridized carbons (Fsp3) is 0.400. The second kappa shape index (κ2) is 5.80. The van der Waals surface area contributed by atoms with Crippen molar-refractivity contribution in [3.8, 4) is 5.75 Å². The Labute approximate surface area is 89.7 Å². The number of halogens is 2. The molecule has 0 amide bonds. The molecule has 0 radical (unpaired) electrons. The summed E-state index contributed by atoms with van der Waals surface area (Å²) in [6.07, 6.45) is 2.14. The Bertz CT molecular complexity index is 355. The number of hydrogen-bond donors (Lipinski definition) is 0. The first-order chi connectivity index (χ1) is 7.11. The van der Waals surface area contributed by atoms with E-state index in [1.54, 1.807) is 6.26 Å². The van der Waals surface area contributed by atoms with Crippen LogP contribution in [0.15, 0.2) is 18.2 Å². The highest BCUT2D eigenvalue weighted by Gasteiger charge is 2.07. The van der Waals surface area contributed by atoms with Gasteiger partial charge in [-0.05, 0) is 18.6 Å². The van der Waals surface area contributed by atoms with Crippen molar-refractivity contribution >= 4 is 10.8 Å². The van der Waals surface area contributed by atoms with Crippen LogP contribution in [-0.4, -0.2) is 22.8 Å². The number of ether oxygens (including phenoxy) is 1. The highest BCUT2D eigenvalue weighted by molar-refractivity contribution is 7.84. The van der Waals surface area contributed by atoms with Crippen molar-refractivity contribution < 1.29 is 17.7 Å². The first-order valence-electron chi connectivity index (χ1n) is 4.48. The Hall–Kier alpha value is -0.970. The van der Waals surface area contributed by atoms with Crippen LogP contribution in [0.25, 0.3) is 0 Å². The maximum Gasteiger partial charge on any atom is 0.200 e. The highest BCUT2D eigenvalue weighted by atomic mass is 32.2. The summed E-state index contributed by atoms with van der Waals surface area (Å²) in [7, 11) is -0.881. The van der Waals surface area contributed by atoms with E-state index in [9.17, 15) is 13.0 Å². The van der Waals surface area contributed by atoms with Crippen molar-refractivity contribution in [2.24, 2.45) is 0 Å². The smallest absolute Gasteiger partial charge is 0.200 e. The molecular formula is C10H12F2O2S. The standard InChI is InChI=1S/C10H12F2O2S/c1-15(13)7-3-6-14-9-5-2-4-8(11)10(9)12/h2,4-5H,3,6-7H2,1H3. The van der Waals surface area contributed by atoms with Crippen LogP contribution in [0, 0.1) is 11.6 Å². The molecule has 0 heterocycles. The van der Waals surface area contributed by atoms with E-state index in [0.29, 0.717) is 12.2 Å². The zero-order valence-electron chi connectivity index (χ0n) is 8.33. The lowest BCUT2D eigenvalue weighted by molar-refractivity contribution is 0.296.